The summed E-state index contributed by atoms with van der Waals surface area (Å²) in [4.78, 5) is 3.66. The Morgan fingerprint density at radius 2 is 2.29 bits per heavy atom. The highest BCUT2D eigenvalue weighted by Crippen LogP contribution is 2.27. The number of anilines is 1. The Kier molecular flexibility index (Phi) is 3.36. The number of alkyl halides is 3. The summed E-state index contributed by atoms with van der Waals surface area (Å²) in [6.07, 6.45) is -2.65. The maximum Gasteiger partial charge on any atom is 0.264 e. The lowest BCUT2D eigenvalue weighted by Gasteiger charge is -2.08. The van der Waals surface area contributed by atoms with Crippen LogP contribution in [0.15, 0.2) is 6.07 Å². The number of rotatable bonds is 2. The molecule has 6 heteroatoms. The highest BCUT2D eigenvalue weighted by atomic mass is 79.9. The maximum atomic E-state index is 12.5. The van der Waals surface area contributed by atoms with Gasteiger partial charge in [0, 0.05) is 16.5 Å². The fourth-order valence-electron chi connectivity index (χ4n) is 1.04. The number of nitrogen functional groups attached to an aromatic ring is 1. The Morgan fingerprint density at radius 3 is 2.71 bits per heavy atom. The fourth-order valence-corrected chi connectivity index (χ4v) is 1.63. The third-order valence-corrected chi connectivity index (χ3v) is 2.21. The van der Waals surface area contributed by atoms with Crippen LogP contribution in [-0.4, -0.2) is 4.98 Å². The second-order valence-corrected chi connectivity index (χ2v) is 3.07. The van der Waals surface area contributed by atoms with Gasteiger partial charge in [-0.05, 0) is 6.07 Å². The summed E-state index contributed by atoms with van der Waals surface area (Å²) >= 11 is 3.03. The van der Waals surface area contributed by atoms with Crippen LogP contribution in [0.25, 0.3) is 0 Å². The molecular weight excluding hydrogens is 256 g/mol. The quantitative estimate of drug-likeness (QED) is 0.832. The Bertz CT molecular complexity index is 387. The molecule has 14 heavy (non-hydrogen) atoms. The highest BCUT2D eigenvalue weighted by molar-refractivity contribution is 9.08. The van der Waals surface area contributed by atoms with Crippen LogP contribution in [0.3, 0.4) is 0 Å². The number of hydrogen-bond donors (Lipinski definition) is 1. The van der Waals surface area contributed by atoms with Gasteiger partial charge in [0.15, 0.2) is 0 Å². The van der Waals surface area contributed by atoms with Crippen LogP contribution in [0.1, 0.15) is 23.2 Å². The second kappa shape index (κ2) is 4.33. The van der Waals surface area contributed by atoms with Crippen molar-refractivity contribution in [1.29, 1.82) is 5.26 Å². The van der Waals surface area contributed by atoms with Crippen molar-refractivity contribution in [2.24, 2.45) is 0 Å². The van der Waals surface area contributed by atoms with Crippen LogP contribution in [0.5, 0.6) is 0 Å². The molecule has 1 aromatic rings. The number of nitriles is 1. The summed E-state index contributed by atoms with van der Waals surface area (Å²) in [6.45, 7) is 0. The molecule has 1 aromatic heterocycles. The van der Waals surface area contributed by atoms with E-state index in [4.69, 9.17) is 11.0 Å². The lowest BCUT2D eigenvalue weighted by atomic mass is 10.1. The maximum absolute atomic E-state index is 12.5. The van der Waals surface area contributed by atoms with Gasteiger partial charge in [-0.15, -0.1) is 0 Å². The van der Waals surface area contributed by atoms with Gasteiger partial charge in [0.25, 0.3) is 6.43 Å². The third kappa shape index (κ3) is 1.99. The molecule has 0 bridgehead atoms. The molecule has 0 amide bonds. The van der Waals surface area contributed by atoms with Crippen LogP contribution in [0.4, 0.5) is 14.6 Å². The van der Waals surface area contributed by atoms with Crippen molar-refractivity contribution in [1.82, 2.24) is 4.98 Å². The highest BCUT2D eigenvalue weighted by Gasteiger charge is 2.17. The van der Waals surface area contributed by atoms with Crippen molar-refractivity contribution in [2.75, 3.05) is 5.73 Å². The molecule has 1 heterocycles. The average molecular weight is 262 g/mol. The molecule has 0 fully saturated rings. The molecule has 0 atom stereocenters. The Labute approximate surface area is 87.7 Å². The molecule has 0 saturated carbocycles. The van der Waals surface area contributed by atoms with E-state index < -0.39 is 6.43 Å². The topological polar surface area (TPSA) is 62.7 Å². The van der Waals surface area contributed by atoms with Gasteiger partial charge in [0.2, 0.25) is 0 Å². The van der Waals surface area contributed by atoms with Crippen molar-refractivity contribution < 1.29 is 8.78 Å². The average Bonchev–Trinajstić information content (AvgIpc) is 2.16. The molecule has 0 unspecified atom stereocenters. The molecule has 0 aliphatic heterocycles. The number of aromatic nitrogens is 1. The minimum absolute atomic E-state index is 0.0582. The van der Waals surface area contributed by atoms with Gasteiger partial charge in [-0.3, -0.25) is 0 Å². The smallest absolute Gasteiger partial charge is 0.264 e. The van der Waals surface area contributed by atoms with E-state index in [1.54, 1.807) is 6.07 Å². The van der Waals surface area contributed by atoms with Gasteiger partial charge in [0.1, 0.15) is 17.6 Å². The lowest BCUT2D eigenvalue weighted by Crippen LogP contribution is -2.02. The Hall–Kier alpha value is -1.22. The molecule has 0 saturated heterocycles. The third-order valence-electron chi connectivity index (χ3n) is 1.65. The van der Waals surface area contributed by atoms with E-state index in [-0.39, 0.29) is 28.0 Å². The van der Waals surface area contributed by atoms with Gasteiger partial charge in [-0.25, -0.2) is 13.8 Å². The van der Waals surface area contributed by atoms with Crippen LogP contribution in [0, 0.1) is 11.3 Å². The van der Waals surface area contributed by atoms with Crippen LogP contribution < -0.4 is 5.73 Å². The molecule has 0 aliphatic rings. The van der Waals surface area contributed by atoms with Crippen molar-refractivity contribution in [2.45, 2.75) is 11.8 Å². The van der Waals surface area contributed by atoms with Gasteiger partial charge in [-0.1, -0.05) is 15.9 Å². The first kappa shape index (κ1) is 10.9. The normalized spacial score (nSPS) is 10.2. The zero-order valence-corrected chi connectivity index (χ0v) is 8.55. The van der Waals surface area contributed by atoms with E-state index in [0.29, 0.717) is 0 Å². The Morgan fingerprint density at radius 1 is 1.64 bits per heavy atom. The van der Waals surface area contributed by atoms with E-state index >= 15 is 0 Å². The first-order valence-electron chi connectivity index (χ1n) is 3.63. The first-order valence-corrected chi connectivity index (χ1v) is 4.75. The monoisotopic (exact) mass is 261 g/mol. The molecule has 0 spiro atoms. The summed E-state index contributed by atoms with van der Waals surface area (Å²) in [7, 11) is 0. The summed E-state index contributed by atoms with van der Waals surface area (Å²) < 4.78 is 25.0. The summed E-state index contributed by atoms with van der Waals surface area (Å²) in [6, 6.07) is 2.81. The zero-order chi connectivity index (χ0) is 10.7. The molecule has 3 nitrogen and oxygen atoms in total. The van der Waals surface area contributed by atoms with E-state index in [1.807, 2.05) is 0 Å². The summed E-state index contributed by atoms with van der Waals surface area (Å²) in [5.74, 6) is -0.0680. The van der Waals surface area contributed by atoms with Gasteiger partial charge >= 0.3 is 0 Å². The van der Waals surface area contributed by atoms with E-state index in [2.05, 4.69) is 20.9 Å². The molecule has 0 aliphatic carbocycles. The zero-order valence-electron chi connectivity index (χ0n) is 6.97. The molecule has 0 radical (unpaired) electrons. The molecule has 2 N–H and O–H groups in total. The van der Waals surface area contributed by atoms with E-state index in [1.165, 1.54) is 0 Å². The van der Waals surface area contributed by atoms with Gasteiger partial charge in [-0.2, -0.15) is 5.26 Å². The van der Waals surface area contributed by atoms with Gasteiger partial charge in [0.05, 0.1) is 0 Å². The van der Waals surface area contributed by atoms with Crippen LogP contribution in [-0.2, 0) is 5.33 Å². The van der Waals surface area contributed by atoms with Gasteiger partial charge < -0.3 is 5.73 Å². The first-order chi connectivity index (χ1) is 6.60. The van der Waals surface area contributed by atoms with Crippen LogP contribution >= 0.6 is 15.9 Å². The number of halogens is 3. The number of pyridine rings is 1. The molecule has 0 aromatic carbocycles. The fraction of sp³-hybridized carbons (Fsp3) is 0.250. The van der Waals surface area contributed by atoms with Crippen molar-refractivity contribution in [3.63, 3.8) is 0 Å². The van der Waals surface area contributed by atoms with Crippen LogP contribution in [0.2, 0.25) is 0 Å². The summed E-state index contributed by atoms with van der Waals surface area (Å²) in [5, 5.41) is 8.80. The van der Waals surface area contributed by atoms with E-state index in [9.17, 15) is 8.78 Å². The molecule has 1 rings (SSSR count). The van der Waals surface area contributed by atoms with E-state index in [0.717, 1.165) is 6.07 Å². The minimum atomic E-state index is -2.65. The molecular formula is C8H6BrF2N3. The number of nitrogens with two attached hydrogens (primary N) is 1. The molecule has 74 valence electrons. The van der Waals surface area contributed by atoms with Crippen molar-refractivity contribution >= 4 is 21.7 Å². The van der Waals surface area contributed by atoms with Crippen molar-refractivity contribution in [3.05, 3.63) is 22.9 Å². The largest absolute Gasteiger partial charge is 0.384 e. The predicted octanol–water partition coefficient (Wildman–Crippen LogP) is 2.37. The number of hydrogen-bond acceptors (Lipinski definition) is 3. The summed E-state index contributed by atoms with van der Waals surface area (Å²) in [5.41, 5.74) is 5.17. The SMILES string of the molecule is N#Cc1nc(N)cc(C(F)F)c1CBr. The second-order valence-electron chi connectivity index (χ2n) is 2.51. The minimum Gasteiger partial charge on any atom is -0.384 e. The van der Waals surface area contributed by atoms with Crippen molar-refractivity contribution in [3.8, 4) is 6.07 Å². The predicted molar refractivity (Wildman–Crippen MR) is 51.0 cm³/mol. The Balaban J connectivity index is 3.41. The number of nitrogens with zero attached hydrogens (tertiary/aromatic N) is 2. The lowest BCUT2D eigenvalue weighted by molar-refractivity contribution is 0.150. The standard InChI is InChI=1S/C8H6BrF2N3/c9-2-5-4(8(10)11)1-7(13)14-6(5)3-12/h1,8H,2H2,(H2,13,14).